The fourth-order valence-electron chi connectivity index (χ4n) is 6.77. The number of hydrogen-bond acceptors (Lipinski definition) is 5. The van der Waals surface area contributed by atoms with Crippen molar-refractivity contribution < 1.29 is 19.1 Å². The van der Waals surface area contributed by atoms with Crippen molar-refractivity contribution in [3.8, 4) is 0 Å². The maximum Gasteiger partial charge on any atom is 0.306 e. The zero-order valence-electron chi connectivity index (χ0n) is 33.7. The molecule has 0 aliphatic rings. The molecule has 0 aromatic heterocycles. The summed E-state index contributed by atoms with van der Waals surface area (Å²) in [4.78, 5) is 24.7. The first-order valence-electron chi connectivity index (χ1n) is 22.1. The van der Waals surface area contributed by atoms with Crippen LogP contribution >= 0.6 is 0 Å². The van der Waals surface area contributed by atoms with Crippen LogP contribution < -0.4 is 5.32 Å². The van der Waals surface area contributed by atoms with E-state index in [-0.39, 0.29) is 24.1 Å². The highest BCUT2D eigenvalue weighted by molar-refractivity contribution is 5.69. The van der Waals surface area contributed by atoms with E-state index in [4.69, 9.17) is 9.47 Å². The topological polar surface area (TPSA) is 64.6 Å². The van der Waals surface area contributed by atoms with E-state index in [1.807, 2.05) is 6.92 Å². The van der Waals surface area contributed by atoms with Crippen LogP contribution in [0.4, 0.5) is 0 Å². The summed E-state index contributed by atoms with van der Waals surface area (Å²) < 4.78 is 11.6. The summed E-state index contributed by atoms with van der Waals surface area (Å²) in [7, 11) is 0. The average Bonchev–Trinajstić information content (AvgIpc) is 3.08. The molecule has 0 heterocycles. The number of nitrogens with one attached hydrogen (secondary N) is 1. The molecule has 1 N–H and O–H groups in total. The monoisotopic (exact) mass is 694 g/mol. The summed E-state index contributed by atoms with van der Waals surface area (Å²) in [5.41, 5.74) is 0. The SMILES string of the molecule is CCCCCCCCCC(CCCCCCCC)OC(=O)CCCCCCCNCCCCCCCC(=O)OC(C)CCCCCCCC. The summed E-state index contributed by atoms with van der Waals surface area (Å²) in [6, 6.07) is 0. The molecular weight excluding hydrogens is 606 g/mol. The molecule has 5 heteroatoms. The summed E-state index contributed by atoms with van der Waals surface area (Å²) in [5.74, 6) is 0.0236. The predicted octanol–water partition coefficient (Wildman–Crippen LogP) is 13.7. The van der Waals surface area contributed by atoms with E-state index in [1.165, 1.54) is 161 Å². The summed E-state index contributed by atoms with van der Waals surface area (Å²) in [6.45, 7) is 11.0. The van der Waals surface area contributed by atoms with Gasteiger partial charge >= 0.3 is 11.9 Å². The van der Waals surface area contributed by atoms with Gasteiger partial charge in [0.1, 0.15) is 6.10 Å². The van der Waals surface area contributed by atoms with E-state index < -0.39 is 0 Å². The third-order valence-electron chi connectivity index (χ3n) is 10.1. The summed E-state index contributed by atoms with van der Waals surface area (Å²) in [5, 5.41) is 3.59. The Morgan fingerprint density at radius 1 is 0.408 bits per heavy atom. The molecule has 0 spiro atoms. The lowest BCUT2D eigenvalue weighted by Gasteiger charge is -2.18. The molecule has 0 radical (unpaired) electrons. The number of hydrogen-bond donors (Lipinski definition) is 1. The second-order valence-electron chi connectivity index (χ2n) is 15.2. The van der Waals surface area contributed by atoms with Crippen molar-refractivity contribution in [1.82, 2.24) is 5.32 Å². The van der Waals surface area contributed by atoms with Crippen LogP contribution in [0.3, 0.4) is 0 Å². The normalized spacial score (nSPS) is 12.7. The van der Waals surface area contributed by atoms with E-state index in [1.54, 1.807) is 0 Å². The molecule has 2 unspecified atom stereocenters. The summed E-state index contributed by atoms with van der Waals surface area (Å²) in [6.07, 6.45) is 40.5. The number of carbonyl (C=O) groups is 2. The summed E-state index contributed by atoms with van der Waals surface area (Å²) >= 11 is 0. The van der Waals surface area contributed by atoms with Gasteiger partial charge in [0.05, 0.1) is 6.10 Å². The first kappa shape index (κ1) is 47.9. The van der Waals surface area contributed by atoms with Gasteiger partial charge < -0.3 is 14.8 Å². The van der Waals surface area contributed by atoms with E-state index >= 15 is 0 Å². The fraction of sp³-hybridized carbons (Fsp3) is 0.955. The highest BCUT2D eigenvalue weighted by atomic mass is 16.5. The Kier molecular flexibility index (Phi) is 38.8. The molecule has 0 aromatic rings. The quantitative estimate of drug-likeness (QED) is 0.0511. The van der Waals surface area contributed by atoms with Crippen molar-refractivity contribution in [3.63, 3.8) is 0 Å². The highest BCUT2D eigenvalue weighted by Gasteiger charge is 2.14. The Morgan fingerprint density at radius 2 is 0.735 bits per heavy atom. The Morgan fingerprint density at radius 3 is 1.16 bits per heavy atom. The fourth-order valence-corrected chi connectivity index (χ4v) is 6.77. The molecule has 0 amide bonds. The van der Waals surface area contributed by atoms with Crippen molar-refractivity contribution >= 4 is 11.9 Å². The minimum absolute atomic E-state index is 0.0124. The molecule has 0 aromatic carbocycles. The molecule has 0 bridgehead atoms. The molecule has 0 aliphatic carbocycles. The Balaban J connectivity index is 3.71. The van der Waals surface area contributed by atoms with Crippen molar-refractivity contribution in [2.75, 3.05) is 13.1 Å². The van der Waals surface area contributed by atoms with Crippen molar-refractivity contribution in [2.45, 2.75) is 258 Å². The standard InChI is InChI=1S/C44H87NO4/c1-5-8-11-14-17-22-29-36-42(35-28-21-16-13-10-7-3)49-44(47)38-31-24-19-26-33-40-45-39-32-25-18-23-30-37-43(46)48-41(4)34-27-20-15-12-9-6-2/h41-42,45H,5-40H2,1-4H3. The van der Waals surface area contributed by atoms with Crippen molar-refractivity contribution in [3.05, 3.63) is 0 Å². The van der Waals surface area contributed by atoms with Gasteiger partial charge in [-0.15, -0.1) is 0 Å². The molecule has 2 atom stereocenters. The maximum atomic E-state index is 12.6. The zero-order valence-corrected chi connectivity index (χ0v) is 33.7. The van der Waals surface area contributed by atoms with Crippen LogP contribution in [-0.4, -0.2) is 37.2 Å². The lowest BCUT2D eigenvalue weighted by atomic mass is 10.0. The number of carbonyl (C=O) groups excluding carboxylic acids is 2. The van der Waals surface area contributed by atoms with Crippen LogP contribution in [0.25, 0.3) is 0 Å². The van der Waals surface area contributed by atoms with Crippen LogP contribution in [-0.2, 0) is 19.1 Å². The Bertz CT molecular complexity index is 684. The van der Waals surface area contributed by atoms with Crippen molar-refractivity contribution in [1.29, 1.82) is 0 Å². The van der Waals surface area contributed by atoms with Gasteiger partial charge in [-0.1, -0.05) is 162 Å². The van der Waals surface area contributed by atoms with Gasteiger partial charge in [-0.2, -0.15) is 0 Å². The molecule has 0 aliphatic heterocycles. The molecule has 49 heavy (non-hydrogen) atoms. The number of unbranched alkanes of at least 4 members (excludes halogenated alkanes) is 24. The van der Waals surface area contributed by atoms with E-state index in [0.29, 0.717) is 12.8 Å². The first-order valence-corrected chi connectivity index (χ1v) is 22.1. The Hall–Kier alpha value is -1.10. The van der Waals surface area contributed by atoms with Crippen LogP contribution in [0.15, 0.2) is 0 Å². The highest BCUT2D eigenvalue weighted by Crippen LogP contribution is 2.19. The van der Waals surface area contributed by atoms with Crippen molar-refractivity contribution in [2.24, 2.45) is 0 Å². The minimum Gasteiger partial charge on any atom is -0.463 e. The van der Waals surface area contributed by atoms with Gasteiger partial charge in [0, 0.05) is 12.8 Å². The lowest BCUT2D eigenvalue weighted by molar-refractivity contribution is -0.150. The van der Waals surface area contributed by atoms with Crippen LogP contribution in [0.5, 0.6) is 0 Å². The molecule has 0 rings (SSSR count). The van der Waals surface area contributed by atoms with Gasteiger partial charge in [-0.05, 0) is 84.2 Å². The second-order valence-corrected chi connectivity index (χ2v) is 15.2. The first-order chi connectivity index (χ1) is 24.0. The predicted molar refractivity (Wildman–Crippen MR) is 212 cm³/mol. The molecule has 0 fully saturated rings. The molecule has 5 nitrogen and oxygen atoms in total. The van der Waals surface area contributed by atoms with Gasteiger partial charge in [0.15, 0.2) is 0 Å². The van der Waals surface area contributed by atoms with Gasteiger partial charge in [0.25, 0.3) is 0 Å². The smallest absolute Gasteiger partial charge is 0.306 e. The van der Waals surface area contributed by atoms with E-state index in [2.05, 4.69) is 26.1 Å². The zero-order chi connectivity index (χ0) is 35.9. The third kappa shape index (κ3) is 38.0. The lowest BCUT2D eigenvalue weighted by Crippen LogP contribution is -2.18. The number of esters is 2. The minimum atomic E-state index is -0.0124. The van der Waals surface area contributed by atoms with E-state index in [9.17, 15) is 9.59 Å². The Labute approximate surface area is 307 Å². The largest absolute Gasteiger partial charge is 0.463 e. The van der Waals surface area contributed by atoms with Crippen LogP contribution in [0.2, 0.25) is 0 Å². The van der Waals surface area contributed by atoms with Crippen LogP contribution in [0.1, 0.15) is 246 Å². The molecule has 0 saturated heterocycles. The molecule has 0 saturated carbocycles. The molecular formula is C44H87NO4. The average molecular weight is 694 g/mol. The second kappa shape index (κ2) is 39.7. The van der Waals surface area contributed by atoms with Gasteiger partial charge in [-0.25, -0.2) is 0 Å². The van der Waals surface area contributed by atoms with Gasteiger partial charge in [0.2, 0.25) is 0 Å². The molecule has 292 valence electrons. The number of rotatable bonds is 40. The number of ether oxygens (including phenoxy) is 2. The van der Waals surface area contributed by atoms with E-state index in [0.717, 1.165) is 58.0 Å². The maximum absolute atomic E-state index is 12.6. The van der Waals surface area contributed by atoms with Crippen LogP contribution in [0, 0.1) is 0 Å². The third-order valence-corrected chi connectivity index (χ3v) is 10.1. The van der Waals surface area contributed by atoms with Gasteiger partial charge in [-0.3, -0.25) is 9.59 Å².